The minimum absolute atomic E-state index is 0.0761. The van der Waals surface area contributed by atoms with Crippen molar-refractivity contribution in [1.82, 2.24) is 0 Å². The molecule has 13 heavy (non-hydrogen) atoms. The Labute approximate surface area is 81.3 Å². The SMILES string of the molecule is CC(C)Oc1ccccc1C(=O)[Si]. The highest BCUT2D eigenvalue weighted by Crippen LogP contribution is 2.18. The van der Waals surface area contributed by atoms with E-state index in [0.29, 0.717) is 11.3 Å². The second-order valence-electron chi connectivity index (χ2n) is 2.99. The van der Waals surface area contributed by atoms with Crippen molar-refractivity contribution in [3.8, 4) is 5.75 Å². The van der Waals surface area contributed by atoms with E-state index in [-0.39, 0.29) is 11.5 Å². The van der Waals surface area contributed by atoms with Gasteiger partial charge in [0.05, 0.1) is 11.7 Å². The summed E-state index contributed by atoms with van der Waals surface area (Å²) >= 11 is 0. The Bertz CT molecular complexity index is 308. The van der Waals surface area contributed by atoms with Crippen molar-refractivity contribution in [2.24, 2.45) is 0 Å². The summed E-state index contributed by atoms with van der Waals surface area (Å²) in [6, 6.07) is 7.16. The molecule has 3 radical (unpaired) electrons. The zero-order valence-corrected chi connectivity index (χ0v) is 8.70. The molecule has 1 aromatic carbocycles. The molecule has 0 heterocycles. The molecule has 0 amide bonds. The third kappa shape index (κ3) is 2.70. The highest BCUT2D eigenvalue weighted by molar-refractivity contribution is 6.62. The molecular formula is C10H11O2Si. The van der Waals surface area contributed by atoms with Crippen molar-refractivity contribution >= 4 is 15.6 Å². The predicted octanol–water partition coefficient (Wildman–Crippen LogP) is 1.78. The molecule has 0 aliphatic rings. The van der Waals surface area contributed by atoms with Gasteiger partial charge in [0.25, 0.3) is 0 Å². The Morgan fingerprint density at radius 3 is 2.54 bits per heavy atom. The van der Waals surface area contributed by atoms with Crippen LogP contribution in [0.4, 0.5) is 0 Å². The van der Waals surface area contributed by atoms with Crippen LogP contribution < -0.4 is 4.74 Å². The van der Waals surface area contributed by atoms with E-state index in [4.69, 9.17) is 4.74 Å². The molecule has 1 aromatic rings. The standard InChI is InChI=1S/C10H11O2Si/c1-7(2)12-9-6-4-3-5-8(9)10(11)13/h3-7H,1-2H3. The predicted molar refractivity (Wildman–Crippen MR) is 52.3 cm³/mol. The van der Waals surface area contributed by atoms with Gasteiger partial charge in [-0.1, -0.05) is 12.1 Å². The van der Waals surface area contributed by atoms with Crippen LogP contribution in [0.5, 0.6) is 5.75 Å². The van der Waals surface area contributed by atoms with Crippen molar-refractivity contribution in [1.29, 1.82) is 0 Å². The van der Waals surface area contributed by atoms with Crippen LogP contribution >= 0.6 is 0 Å². The molecule has 0 aliphatic carbocycles. The number of benzene rings is 1. The molecule has 0 spiro atoms. The Balaban J connectivity index is 2.98. The molecule has 0 saturated heterocycles. The number of para-hydroxylation sites is 1. The fourth-order valence-electron chi connectivity index (χ4n) is 1.01. The molecule has 0 aromatic heterocycles. The lowest BCUT2D eigenvalue weighted by atomic mass is 10.2. The minimum Gasteiger partial charge on any atom is -0.490 e. The summed E-state index contributed by atoms with van der Waals surface area (Å²) in [7, 11) is 2.95. The molecule has 1 rings (SSSR count). The first kappa shape index (κ1) is 9.99. The van der Waals surface area contributed by atoms with Crippen LogP contribution in [0.2, 0.25) is 0 Å². The maximum absolute atomic E-state index is 11.1. The van der Waals surface area contributed by atoms with Gasteiger partial charge in [0.15, 0.2) is 0 Å². The summed E-state index contributed by atoms with van der Waals surface area (Å²) in [5.74, 6) is 0.623. The van der Waals surface area contributed by atoms with Crippen molar-refractivity contribution < 1.29 is 9.53 Å². The normalized spacial score (nSPS) is 10.2. The molecule has 67 valence electrons. The van der Waals surface area contributed by atoms with Gasteiger partial charge in [-0.05, 0) is 26.0 Å². The molecule has 0 atom stereocenters. The monoisotopic (exact) mass is 191 g/mol. The van der Waals surface area contributed by atoms with Crippen molar-refractivity contribution in [3.63, 3.8) is 0 Å². The Morgan fingerprint density at radius 2 is 2.00 bits per heavy atom. The summed E-state index contributed by atoms with van der Waals surface area (Å²) in [5.41, 5.74) is 0.563. The van der Waals surface area contributed by atoms with Gasteiger partial charge >= 0.3 is 0 Å². The van der Waals surface area contributed by atoms with E-state index in [1.54, 1.807) is 18.2 Å². The number of rotatable bonds is 3. The van der Waals surface area contributed by atoms with Gasteiger partial charge in [-0.2, -0.15) is 0 Å². The molecule has 0 unspecified atom stereocenters. The maximum atomic E-state index is 11.1. The van der Waals surface area contributed by atoms with Gasteiger partial charge < -0.3 is 9.53 Å². The fraction of sp³-hybridized carbons (Fsp3) is 0.300. The maximum Gasteiger partial charge on any atom is 0.136 e. The zero-order valence-electron chi connectivity index (χ0n) is 7.70. The molecule has 0 aliphatic heterocycles. The quantitative estimate of drug-likeness (QED) is 0.681. The van der Waals surface area contributed by atoms with Crippen molar-refractivity contribution in [2.45, 2.75) is 20.0 Å². The summed E-state index contributed by atoms with van der Waals surface area (Å²) in [4.78, 5) is 11.1. The molecular weight excluding hydrogens is 180 g/mol. The highest BCUT2D eigenvalue weighted by atomic mass is 28.1. The molecule has 0 saturated carbocycles. The number of hydrogen-bond acceptors (Lipinski definition) is 2. The number of carbonyl (C=O) groups excluding carboxylic acids is 1. The van der Waals surface area contributed by atoms with Gasteiger partial charge in [0.1, 0.15) is 21.4 Å². The third-order valence-corrected chi connectivity index (χ3v) is 1.76. The highest BCUT2D eigenvalue weighted by Gasteiger charge is 2.07. The minimum atomic E-state index is -0.156. The molecule has 3 heteroatoms. The summed E-state index contributed by atoms with van der Waals surface area (Å²) < 4.78 is 5.45. The number of carbonyl (C=O) groups is 1. The van der Waals surface area contributed by atoms with Gasteiger partial charge in [-0.15, -0.1) is 0 Å². The first-order valence-electron chi connectivity index (χ1n) is 4.13. The fourth-order valence-corrected chi connectivity index (χ4v) is 1.22. The smallest absolute Gasteiger partial charge is 0.136 e. The lowest BCUT2D eigenvalue weighted by molar-refractivity contribution is 0.107. The average molecular weight is 191 g/mol. The van der Waals surface area contributed by atoms with E-state index in [2.05, 4.69) is 10.2 Å². The number of ether oxygens (including phenoxy) is 1. The molecule has 2 nitrogen and oxygen atoms in total. The van der Waals surface area contributed by atoms with E-state index in [0.717, 1.165) is 0 Å². The molecule has 0 fully saturated rings. The van der Waals surface area contributed by atoms with E-state index in [9.17, 15) is 4.79 Å². The van der Waals surface area contributed by atoms with Crippen LogP contribution in [0, 0.1) is 0 Å². The zero-order chi connectivity index (χ0) is 9.84. The van der Waals surface area contributed by atoms with Crippen LogP contribution in [0.15, 0.2) is 24.3 Å². The van der Waals surface area contributed by atoms with Crippen molar-refractivity contribution in [2.75, 3.05) is 0 Å². The Morgan fingerprint density at radius 1 is 1.38 bits per heavy atom. The van der Waals surface area contributed by atoms with E-state index >= 15 is 0 Å². The molecule has 0 bridgehead atoms. The largest absolute Gasteiger partial charge is 0.490 e. The molecule has 0 N–H and O–H groups in total. The second-order valence-corrected chi connectivity index (χ2v) is 3.45. The van der Waals surface area contributed by atoms with Gasteiger partial charge in [-0.25, -0.2) is 0 Å². The van der Waals surface area contributed by atoms with Crippen LogP contribution in [0.25, 0.3) is 0 Å². The first-order chi connectivity index (χ1) is 6.11. The summed E-state index contributed by atoms with van der Waals surface area (Å²) in [6.45, 7) is 3.85. The van der Waals surface area contributed by atoms with E-state index < -0.39 is 0 Å². The van der Waals surface area contributed by atoms with Crippen LogP contribution in [0.3, 0.4) is 0 Å². The van der Waals surface area contributed by atoms with Crippen LogP contribution in [-0.4, -0.2) is 21.8 Å². The van der Waals surface area contributed by atoms with Crippen LogP contribution in [-0.2, 0) is 0 Å². The van der Waals surface area contributed by atoms with Gasteiger partial charge in [-0.3, -0.25) is 0 Å². The second kappa shape index (κ2) is 4.23. The van der Waals surface area contributed by atoms with E-state index in [1.165, 1.54) is 0 Å². The summed E-state index contributed by atoms with van der Waals surface area (Å²) in [5, 5.41) is -0.156. The third-order valence-electron chi connectivity index (χ3n) is 1.49. The lowest BCUT2D eigenvalue weighted by Gasteiger charge is -2.12. The Hall–Kier alpha value is -1.09. The number of hydrogen-bond donors (Lipinski definition) is 0. The van der Waals surface area contributed by atoms with Crippen LogP contribution in [0.1, 0.15) is 24.2 Å². The van der Waals surface area contributed by atoms with Gasteiger partial charge in [0, 0.05) is 0 Å². The Kier molecular flexibility index (Phi) is 3.25. The van der Waals surface area contributed by atoms with E-state index in [1.807, 2.05) is 19.9 Å². The average Bonchev–Trinajstić information content (AvgIpc) is 2.03. The van der Waals surface area contributed by atoms with Crippen molar-refractivity contribution in [3.05, 3.63) is 29.8 Å². The first-order valence-corrected chi connectivity index (χ1v) is 4.63. The lowest BCUT2D eigenvalue weighted by Crippen LogP contribution is -2.09. The van der Waals surface area contributed by atoms with Gasteiger partial charge in [0.2, 0.25) is 0 Å². The topological polar surface area (TPSA) is 26.3 Å². The summed E-state index contributed by atoms with van der Waals surface area (Å²) in [6.07, 6.45) is 0.0761.